The minimum Gasteiger partial charge on any atom is -0.393 e. The number of nitrogens with one attached hydrogen (secondary N) is 1. The van der Waals surface area contributed by atoms with E-state index in [2.05, 4.69) is 33.0 Å². The van der Waals surface area contributed by atoms with Gasteiger partial charge in [0.1, 0.15) is 0 Å². The van der Waals surface area contributed by atoms with E-state index >= 15 is 0 Å². The first-order chi connectivity index (χ1) is 19.9. The van der Waals surface area contributed by atoms with Crippen molar-refractivity contribution in [2.24, 2.45) is 11.8 Å². The normalized spacial score (nSPS) is 14.4. The summed E-state index contributed by atoms with van der Waals surface area (Å²) in [6.45, 7) is 9.08. The molecule has 0 unspecified atom stereocenters. The van der Waals surface area contributed by atoms with Crippen LogP contribution < -0.4 is 5.32 Å². The van der Waals surface area contributed by atoms with Crippen molar-refractivity contribution in [2.45, 2.75) is 194 Å². The zero-order valence-corrected chi connectivity index (χ0v) is 28.6. The molecule has 0 bridgehead atoms. The zero-order valence-electron chi connectivity index (χ0n) is 27.8. The number of aliphatic hydroxyl groups is 2. The Morgan fingerprint density at radius 1 is 0.571 bits per heavy atom. The predicted molar refractivity (Wildman–Crippen MR) is 176 cm³/mol. The minimum atomic E-state index is -4.37. The predicted octanol–water partition coefficient (Wildman–Crippen LogP) is 8.37. The Kier molecular flexibility index (Phi) is 26.2. The van der Waals surface area contributed by atoms with Crippen LogP contribution in [-0.2, 0) is 14.9 Å². The molecule has 0 aromatic heterocycles. The second kappa shape index (κ2) is 26.7. The van der Waals surface area contributed by atoms with Gasteiger partial charge < -0.3 is 15.5 Å². The van der Waals surface area contributed by atoms with E-state index in [1.807, 2.05) is 0 Å². The average Bonchev–Trinajstić information content (AvgIpc) is 2.88. The van der Waals surface area contributed by atoms with Crippen molar-refractivity contribution in [1.82, 2.24) is 5.32 Å². The molecule has 0 aliphatic heterocycles. The highest BCUT2D eigenvalue weighted by Crippen LogP contribution is 2.16. The molecule has 0 rings (SSSR count). The lowest BCUT2D eigenvalue weighted by Gasteiger charge is -2.24. The summed E-state index contributed by atoms with van der Waals surface area (Å²) >= 11 is 0. The summed E-state index contributed by atoms with van der Waals surface area (Å²) in [5.41, 5.74) is 0. The third kappa shape index (κ3) is 29.4. The second-order valence-corrected chi connectivity index (χ2v) is 15.2. The van der Waals surface area contributed by atoms with Gasteiger partial charge >= 0.3 is 0 Å². The third-order valence-electron chi connectivity index (χ3n) is 8.22. The molecule has 1 amide bonds. The number of carbonyl (C=O) groups is 1. The molecule has 0 fully saturated rings. The Labute approximate surface area is 260 Å². The second-order valence-electron chi connectivity index (χ2n) is 13.7. The van der Waals surface area contributed by atoms with Crippen LogP contribution in [0.4, 0.5) is 0 Å². The topological polar surface area (TPSA) is 124 Å². The lowest BCUT2D eigenvalue weighted by molar-refractivity contribution is -0.124. The van der Waals surface area contributed by atoms with Gasteiger partial charge in [-0.1, -0.05) is 156 Å². The quantitative estimate of drug-likeness (QED) is 0.0473. The molecule has 7 nitrogen and oxygen atoms in total. The van der Waals surface area contributed by atoms with Crippen molar-refractivity contribution in [1.29, 1.82) is 0 Å². The molecule has 0 heterocycles. The molecule has 0 aromatic carbocycles. The summed E-state index contributed by atoms with van der Waals surface area (Å²) < 4.78 is 32.4. The van der Waals surface area contributed by atoms with Gasteiger partial charge in [-0.05, 0) is 24.7 Å². The number of unbranched alkanes of at least 4 members (excludes halogenated alkanes) is 16. The summed E-state index contributed by atoms with van der Waals surface area (Å²) in [6, 6.07) is -1.09. The Morgan fingerprint density at radius 2 is 0.905 bits per heavy atom. The Bertz CT molecular complexity index is 728. The smallest absolute Gasteiger partial charge is 0.266 e. The first kappa shape index (κ1) is 41.3. The lowest BCUT2D eigenvalue weighted by atomic mass is 10.0. The maximum Gasteiger partial charge on any atom is 0.266 e. The molecule has 4 N–H and O–H groups in total. The largest absolute Gasteiger partial charge is 0.393 e. The SMILES string of the molecule is CC(C)CCCCCCCCCCC[C@H](O)CC(=O)N[C@@H](CS(=O)(=O)O)[C@H](O)CCCCCCCCCCCC(C)C. The van der Waals surface area contributed by atoms with E-state index in [1.54, 1.807) is 0 Å². The summed E-state index contributed by atoms with van der Waals surface area (Å²) in [5, 5.41) is 23.4. The van der Waals surface area contributed by atoms with E-state index < -0.39 is 40.0 Å². The van der Waals surface area contributed by atoms with Crippen LogP contribution in [0.5, 0.6) is 0 Å². The van der Waals surface area contributed by atoms with Crippen molar-refractivity contribution in [3.63, 3.8) is 0 Å². The molecule has 0 spiro atoms. The standard InChI is InChI=1S/C34H69NO6S/c1-29(2)23-19-15-11-7-5-9-13-17-21-25-31(36)27-34(38)35-32(28-42(39,40)41)33(37)26-22-18-14-10-6-8-12-16-20-24-30(3)4/h29-33,36-37H,5-28H2,1-4H3,(H,35,38)(H,39,40,41)/t31-,32-,33+/m0/s1. The van der Waals surface area contributed by atoms with Crippen LogP contribution in [0.2, 0.25) is 0 Å². The molecule has 42 heavy (non-hydrogen) atoms. The highest BCUT2D eigenvalue weighted by molar-refractivity contribution is 7.85. The number of hydrogen-bond donors (Lipinski definition) is 4. The first-order valence-electron chi connectivity index (χ1n) is 17.5. The lowest BCUT2D eigenvalue weighted by Crippen LogP contribution is -2.48. The summed E-state index contributed by atoms with van der Waals surface area (Å²) in [6.07, 6.45) is 22.5. The van der Waals surface area contributed by atoms with Crippen molar-refractivity contribution in [2.75, 3.05) is 5.75 Å². The van der Waals surface area contributed by atoms with Crippen LogP contribution in [0.25, 0.3) is 0 Å². The minimum absolute atomic E-state index is 0.136. The number of rotatable bonds is 30. The summed E-state index contributed by atoms with van der Waals surface area (Å²) in [7, 11) is -4.37. The van der Waals surface area contributed by atoms with Gasteiger partial charge in [0.25, 0.3) is 10.1 Å². The number of aliphatic hydroxyl groups excluding tert-OH is 2. The maximum atomic E-state index is 12.5. The third-order valence-corrected chi connectivity index (χ3v) is 9.00. The van der Waals surface area contributed by atoms with Gasteiger partial charge in [0.05, 0.1) is 30.4 Å². The Morgan fingerprint density at radius 3 is 1.26 bits per heavy atom. The molecule has 0 aromatic rings. The highest BCUT2D eigenvalue weighted by Gasteiger charge is 2.26. The fourth-order valence-corrected chi connectivity index (χ4v) is 6.33. The van der Waals surface area contributed by atoms with E-state index in [-0.39, 0.29) is 6.42 Å². The van der Waals surface area contributed by atoms with Crippen LogP contribution in [0.15, 0.2) is 0 Å². The van der Waals surface area contributed by atoms with Gasteiger partial charge in [0.15, 0.2) is 0 Å². The fourth-order valence-electron chi connectivity index (χ4n) is 5.57. The van der Waals surface area contributed by atoms with Crippen molar-refractivity contribution in [3.05, 3.63) is 0 Å². The summed E-state index contributed by atoms with van der Waals surface area (Å²) in [4.78, 5) is 12.5. The molecule has 8 heteroatoms. The van der Waals surface area contributed by atoms with Crippen molar-refractivity contribution in [3.8, 4) is 0 Å². The van der Waals surface area contributed by atoms with Gasteiger partial charge in [0.2, 0.25) is 5.91 Å². The van der Waals surface area contributed by atoms with Crippen LogP contribution in [0.3, 0.4) is 0 Å². The first-order valence-corrected chi connectivity index (χ1v) is 19.1. The van der Waals surface area contributed by atoms with Crippen LogP contribution in [0, 0.1) is 11.8 Å². The fraction of sp³-hybridized carbons (Fsp3) is 0.971. The number of amides is 1. The molecule has 0 saturated carbocycles. The van der Waals surface area contributed by atoms with E-state index in [1.165, 1.54) is 83.5 Å². The molecular formula is C34H69NO6S. The van der Waals surface area contributed by atoms with Crippen LogP contribution in [-0.4, -0.2) is 53.1 Å². The van der Waals surface area contributed by atoms with Gasteiger partial charge in [-0.15, -0.1) is 0 Å². The summed E-state index contributed by atoms with van der Waals surface area (Å²) in [5.74, 6) is 0.349. The van der Waals surface area contributed by atoms with E-state index in [9.17, 15) is 28.0 Å². The number of carbonyl (C=O) groups excluding carboxylic acids is 1. The molecule has 0 aliphatic rings. The monoisotopic (exact) mass is 619 g/mol. The molecule has 0 radical (unpaired) electrons. The molecular weight excluding hydrogens is 550 g/mol. The van der Waals surface area contributed by atoms with E-state index in [0.717, 1.165) is 56.8 Å². The van der Waals surface area contributed by atoms with Gasteiger partial charge in [-0.25, -0.2) is 0 Å². The van der Waals surface area contributed by atoms with Crippen molar-refractivity contribution < 1.29 is 28.0 Å². The van der Waals surface area contributed by atoms with Gasteiger partial charge in [-0.2, -0.15) is 8.42 Å². The number of hydrogen-bond acceptors (Lipinski definition) is 5. The van der Waals surface area contributed by atoms with E-state index in [4.69, 9.17) is 0 Å². The van der Waals surface area contributed by atoms with Crippen molar-refractivity contribution >= 4 is 16.0 Å². The Hall–Kier alpha value is -0.700. The van der Waals surface area contributed by atoms with Crippen LogP contribution >= 0.6 is 0 Å². The highest BCUT2D eigenvalue weighted by atomic mass is 32.2. The zero-order chi connectivity index (χ0) is 31.6. The molecule has 3 atom stereocenters. The Balaban J connectivity index is 4.08. The molecule has 0 aliphatic carbocycles. The maximum absolute atomic E-state index is 12.5. The van der Waals surface area contributed by atoms with Gasteiger partial charge in [0, 0.05) is 0 Å². The average molecular weight is 620 g/mol. The van der Waals surface area contributed by atoms with E-state index in [0.29, 0.717) is 12.8 Å². The molecule has 252 valence electrons. The van der Waals surface area contributed by atoms with Crippen LogP contribution in [0.1, 0.15) is 175 Å². The molecule has 0 saturated heterocycles. The van der Waals surface area contributed by atoms with Gasteiger partial charge in [-0.3, -0.25) is 9.35 Å².